The Morgan fingerprint density at radius 2 is 1.97 bits per heavy atom. The molecule has 2 saturated heterocycles. The molecule has 6 heterocycles. The number of anilines is 1. The van der Waals surface area contributed by atoms with Crippen LogP contribution >= 0.6 is 0 Å². The minimum atomic E-state index is 0.419. The number of aromatic nitrogens is 6. The Morgan fingerprint density at radius 1 is 1.00 bits per heavy atom. The summed E-state index contributed by atoms with van der Waals surface area (Å²) in [6.45, 7) is 3.95. The van der Waals surface area contributed by atoms with E-state index in [0.717, 1.165) is 66.7 Å². The van der Waals surface area contributed by atoms with Gasteiger partial charge in [-0.1, -0.05) is 6.07 Å². The molecule has 2 fully saturated rings. The lowest BCUT2D eigenvalue weighted by molar-refractivity contribution is 0.318. The molecule has 2 aliphatic rings. The number of imidazole rings is 1. The average molecular weight is 401 g/mol. The fourth-order valence-corrected chi connectivity index (χ4v) is 3.98. The molecule has 4 aromatic heterocycles. The van der Waals surface area contributed by atoms with E-state index in [1.165, 1.54) is 0 Å². The first-order valence-corrected chi connectivity index (χ1v) is 10.4. The van der Waals surface area contributed by atoms with Crippen LogP contribution in [0, 0.1) is 0 Å². The highest BCUT2D eigenvalue weighted by Crippen LogP contribution is 2.24. The lowest BCUT2D eigenvalue weighted by Crippen LogP contribution is -2.43. The van der Waals surface area contributed by atoms with E-state index >= 15 is 0 Å². The summed E-state index contributed by atoms with van der Waals surface area (Å²) < 4.78 is 3.88. The van der Waals surface area contributed by atoms with Crippen LogP contribution in [0.3, 0.4) is 0 Å². The van der Waals surface area contributed by atoms with Crippen molar-refractivity contribution < 1.29 is 0 Å². The van der Waals surface area contributed by atoms with Crippen molar-refractivity contribution >= 4 is 11.5 Å². The van der Waals surface area contributed by atoms with Gasteiger partial charge in [0, 0.05) is 37.4 Å². The molecule has 0 aliphatic carbocycles. The highest BCUT2D eigenvalue weighted by atomic mass is 15.3. The Labute approximate surface area is 173 Å². The highest BCUT2D eigenvalue weighted by molar-refractivity contribution is 5.64. The largest absolute Gasteiger partial charge is 0.366 e. The van der Waals surface area contributed by atoms with Gasteiger partial charge in [0.05, 0.1) is 29.8 Å². The van der Waals surface area contributed by atoms with Crippen molar-refractivity contribution in [2.75, 3.05) is 31.5 Å². The summed E-state index contributed by atoms with van der Waals surface area (Å²) in [5, 5.41) is 19.5. The van der Waals surface area contributed by atoms with E-state index in [9.17, 15) is 0 Å². The molecule has 0 amide bonds. The monoisotopic (exact) mass is 401 g/mol. The molecule has 6 rings (SSSR count). The van der Waals surface area contributed by atoms with E-state index in [0.29, 0.717) is 12.1 Å². The van der Waals surface area contributed by atoms with Gasteiger partial charge in [-0.25, -0.2) is 14.5 Å². The normalized spacial score (nSPS) is 19.3. The van der Waals surface area contributed by atoms with Gasteiger partial charge in [0.1, 0.15) is 11.5 Å². The van der Waals surface area contributed by atoms with Crippen LogP contribution in [0.2, 0.25) is 0 Å². The first-order valence-electron chi connectivity index (χ1n) is 10.4. The zero-order valence-corrected chi connectivity index (χ0v) is 16.5. The van der Waals surface area contributed by atoms with Crippen molar-refractivity contribution in [1.82, 2.24) is 40.0 Å². The Bertz CT molecular complexity index is 1180. The van der Waals surface area contributed by atoms with Gasteiger partial charge < -0.3 is 16.0 Å². The molecule has 0 aromatic carbocycles. The zero-order chi connectivity index (χ0) is 19.9. The SMILES string of the molecule is c1cc(NC2CCNC2)nc(-c2cnc3ccc(-c4cnn(C5CNC5)c4)nn23)c1. The average Bonchev–Trinajstić information content (AvgIpc) is 3.47. The summed E-state index contributed by atoms with van der Waals surface area (Å²) >= 11 is 0. The van der Waals surface area contributed by atoms with E-state index < -0.39 is 0 Å². The molecule has 0 bridgehead atoms. The Balaban J connectivity index is 1.33. The van der Waals surface area contributed by atoms with Gasteiger partial charge in [-0.2, -0.15) is 10.2 Å². The lowest BCUT2D eigenvalue weighted by atomic mass is 10.2. The van der Waals surface area contributed by atoms with Gasteiger partial charge in [-0.15, -0.1) is 0 Å². The van der Waals surface area contributed by atoms with E-state index in [4.69, 9.17) is 10.1 Å². The van der Waals surface area contributed by atoms with E-state index in [2.05, 4.69) is 32.2 Å². The van der Waals surface area contributed by atoms with Crippen molar-refractivity contribution in [3.8, 4) is 22.6 Å². The maximum Gasteiger partial charge on any atom is 0.154 e. The molecule has 9 heteroatoms. The zero-order valence-electron chi connectivity index (χ0n) is 16.5. The van der Waals surface area contributed by atoms with Gasteiger partial charge in [0.15, 0.2) is 5.65 Å². The molecule has 1 unspecified atom stereocenters. The first kappa shape index (κ1) is 17.5. The predicted molar refractivity (Wildman–Crippen MR) is 114 cm³/mol. The van der Waals surface area contributed by atoms with Gasteiger partial charge in [0.25, 0.3) is 0 Å². The molecule has 4 aromatic rings. The molecule has 0 radical (unpaired) electrons. The quantitative estimate of drug-likeness (QED) is 0.467. The molecule has 3 N–H and O–H groups in total. The maximum absolute atomic E-state index is 4.85. The molecule has 1 atom stereocenters. The van der Waals surface area contributed by atoms with Crippen LogP contribution in [0.1, 0.15) is 12.5 Å². The van der Waals surface area contributed by atoms with E-state index in [-0.39, 0.29) is 0 Å². The van der Waals surface area contributed by atoms with Crippen LogP contribution in [0.25, 0.3) is 28.3 Å². The van der Waals surface area contributed by atoms with Crippen molar-refractivity contribution in [3.63, 3.8) is 0 Å². The summed E-state index contributed by atoms with van der Waals surface area (Å²) in [5.74, 6) is 0.877. The molecule has 0 saturated carbocycles. The van der Waals surface area contributed by atoms with E-state index in [1.807, 2.05) is 51.9 Å². The summed E-state index contributed by atoms with van der Waals surface area (Å²) in [7, 11) is 0. The minimum absolute atomic E-state index is 0.419. The summed E-state index contributed by atoms with van der Waals surface area (Å²) in [6, 6.07) is 10.9. The molecule has 9 nitrogen and oxygen atoms in total. The number of nitrogens with zero attached hydrogens (tertiary/aromatic N) is 6. The smallest absolute Gasteiger partial charge is 0.154 e. The highest BCUT2D eigenvalue weighted by Gasteiger charge is 2.20. The topological polar surface area (TPSA) is 97.0 Å². The fraction of sp³-hybridized carbons (Fsp3) is 0.333. The van der Waals surface area contributed by atoms with Crippen LogP contribution in [0.4, 0.5) is 5.82 Å². The van der Waals surface area contributed by atoms with Crippen LogP contribution in [-0.2, 0) is 0 Å². The van der Waals surface area contributed by atoms with Crippen LogP contribution in [-0.4, -0.2) is 61.6 Å². The van der Waals surface area contributed by atoms with Crippen molar-refractivity contribution in [2.45, 2.75) is 18.5 Å². The van der Waals surface area contributed by atoms with Crippen molar-refractivity contribution in [2.24, 2.45) is 0 Å². The minimum Gasteiger partial charge on any atom is -0.366 e. The lowest BCUT2D eigenvalue weighted by Gasteiger charge is -2.27. The third kappa shape index (κ3) is 3.12. The van der Waals surface area contributed by atoms with Gasteiger partial charge in [0.2, 0.25) is 0 Å². The van der Waals surface area contributed by atoms with E-state index in [1.54, 1.807) is 0 Å². The molecule has 152 valence electrons. The Hall–Kier alpha value is -3.30. The Kier molecular flexibility index (Phi) is 4.21. The fourth-order valence-electron chi connectivity index (χ4n) is 3.98. The third-order valence-corrected chi connectivity index (χ3v) is 5.82. The number of rotatable bonds is 5. The number of hydrogen-bond acceptors (Lipinski definition) is 7. The Morgan fingerprint density at radius 3 is 2.80 bits per heavy atom. The number of fused-ring (bicyclic) bond motifs is 1. The number of pyridine rings is 1. The number of nitrogens with one attached hydrogen (secondary N) is 3. The maximum atomic E-state index is 4.85. The first-order chi connectivity index (χ1) is 14.8. The van der Waals surface area contributed by atoms with Gasteiger partial charge in [-0.05, 0) is 37.2 Å². The van der Waals surface area contributed by atoms with Crippen LogP contribution < -0.4 is 16.0 Å². The predicted octanol–water partition coefficient (Wildman–Crippen LogP) is 1.57. The van der Waals surface area contributed by atoms with Gasteiger partial charge in [-0.3, -0.25) is 4.68 Å². The summed E-state index contributed by atoms with van der Waals surface area (Å²) in [6.07, 6.45) is 6.88. The van der Waals surface area contributed by atoms with Gasteiger partial charge >= 0.3 is 0 Å². The second kappa shape index (κ2) is 7.19. The molecule has 0 spiro atoms. The molecular formula is C21H23N9. The molecule has 2 aliphatic heterocycles. The van der Waals surface area contributed by atoms with Crippen molar-refractivity contribution in [3.05, 3.63) is 48.9 Å². The number of hydrogen-bond donors (Lipinski definition) is 3. The molecule has 30 heavy (non-hydrogen) atoms. The van der Waals surface area contributed by atoms with Crippen molar-refractivity contribution in [1.29, 1.82) is 0 Å². The molecular weight excluding hydrogens is 378 g/mol. The summed E-state index contributed by atoms with van der Waals surface area (Å²) in [4.78, 5) is 9.33. The van der Waals surface area contributed by atoms with Crippen LogP contribution in [0.15, 0.2) is 48.9 Å². The standard InChI is InChI=1S/C21H23N9/c1-2-18(27-20(3-1)26-15-6-7-22-9-15)19-12-24-21-5-4-17(28-30(19)21)14-8-25-29(13-14)16-10-23-11-16/h1-5,8,12-13,15-16,22-23H,6-7,9-11H2,(H,26,27). The summed E-state index contributed by atoms with van der Waals surface area (Å²) in [5.41, 5.74) is 4.38. The second-order valence-electron chi connectivity index (χ2n) is 7.90. The second-order valence-corrected chi connectivity index (χ2v) is 7.90. The van der Waals surface area contributed by atoms with Crippen LogP contribution in [0.5, 0.6) is 0 Å². The third-order valence-electron chi connectivity index (χ3n) is 5.82.